The normalized spacial score (nSPS) is 12.1. The molecule has 0 aliphatic carbocycles. The highest BCUT2D eigenvalue weighted by Gasteiger charge is 2.22. The van der Waals surface area contributed by atoms with E-state index < -0.39 is 10.0 Å². The maximum atomic E-state index is 12.8. The van der Waals surface area contributed by atoms with E-state index in [2.05, 4.69) is 9.82 Å². The molecule has 1 amide bonds. The molecule has 0 aliphatic rings. The van der Waals surface area contributed by atoms with E-state index in [9.17, 15) is 13.2 Å². The number of nitrogens with zero attached hydrogens (tertiary/aromatic N) is 3. The lowest BCUT2D eigenvalue weighted by atomic mass is 9.87. The van der Waals surface area contributed by atoms with Gasteiger partial charge in [-0.1, -0.05) is 32.9 Å². The molecule has 7 nitrogen and oxygen atoms in total. The number of amides is 1. The number of aromatic nitrogens is 2. The summed E-state index contributed by atoms with van der Waals surface area (Å²) in [5.74, 6) is -0.128. The first-order valence-corrected chi connectivity index (χ1v) is 9.75. The van der Waals surface area contributed by atoms with Crippen LogP contribution < -0.4 is 4.72 Å². The molecule has 2 aromatic rings. The lowest BCUT2D eigenvalue weighted by Crippen LogP contribution is -2.26. The number of anilines is 1. The van der Waals surface area contributed by atoms with Crippen LogP contribution in [0.4, 0.5) is 5.69 Å². The third kappa shape index (κ3) is 4.63. The summed E-state index contributed by atoms with van der Waals surface area (Å²) in [4.78, 5) is 13.4. The molecule has 0 saturated carbocycles. The van der Waals surface area contributed by atoms with E-state index in [1.54, 1.807) is 27.1 Å². The van der Waals surface area contributed by atoms with E-state index >= 15 is 0 Å². The topological polar surface area (TPSA) is 84.3 Å². The fourth-order valence-electron chi connectivity index (χ4n) is 2.35. The Hall–Kier alpha value is -2.35. The Balaban J connectivity index is 2.27. The number of hydrogen-bond acceptors (Lipinski definition) is 4. The first kappa shape index (κ1) is 20.0. The Morgan fingerprint density at radius 3 is 2.50 bits per heavy atom. The van der Waals surface area contributed by atoms with Gasteiger partial charge in [0.05, 0.1) is 16.8 Å². The van der Waals surface area contributed by atoms with Crippen molar-refractivity contribution in [3.63, 3.8) is 0 Å². The van der Waals surface area contributed by atoms with E-state index in [0.29, 0.717) is 11.3 Å². The van der Waals surface area contributed by atoms with Crippen molar-refractivity contribution < 1.29 is 13.2 Å². The molecular formula is C18H26N4O3S. The summed E-state index contributed by atoms with van der Waals surface area (Å²) in [6.45, 7) is 7.92. The standard InChI is InChI=1S/C18H26N4O3S/c1-13-7-8-14(18(2,3)4)9-16(13)26(24,25)20-15-10-19-22(11-15)12-17(23)21(5)6/h7-11,20H,12H2,1-6H3. The minimum absolute atomic E-state index is 0.0489. The number of carbonyl (C=O) groups is 1. The number of rotatable bonds is 5. The molecule has 0 spiro atoms. The van der Waals surface area contributed by atoms with Crippen molar-refractivity contribution in [2.75, 3.05) is 18.8 Å². The van der Waals surface area contributed by atoms with Gasteiger partial charge in [-0.15, -0.1) is 0 Å². The van der Waals surface area contributed by atoms with Crippen molar-refractivity contribution >= 4 is 21.6 Å². The number of nitrogens with one attached hydrogen (secondary N) is 1. The fourth-order valence-corrected chi connectivity index (χ4v) is 3.65. The molecule has 2 rings (SSSR count). The third-order valence-electron chi connectivity index (χ3n) is 4.03. The molecule has 0 aliphatic heterocycles. The summed E-state index contributed by atoms with van der Waals surface area (Å²) in [6.07, 6.45) is 2.89. The summed E-state index contributed by atoms with van der Waals surface area (Å²) < 4.78 is 29.6. The Morgan fingerprint density at radius 1 is 1.27 bits per heavy atom. The van der Waals surface area contributed by atoms with Gasteiger partial charge in [-0.25, -0.2) is 8.42 Å². The molecule has 142 valence electrons. The van der Waals surface area contributed by atoms with Crippen molar-refractivity contribution in [2.24, 2.45) is 0 Å². The van der Waals surface area contributed by atoms with Gasteiger partial charge in [0.2, 0.25) is 5.91 Å². The average molecular weight is 378 g/mol. The molecule has 0 bridgehead atoms. The van der Waals surface area contributed by atoms with Crippen LogP contribution in [0.25, 0.3) is 0 Å². The Bertz CT molecular complexity index is 909. The van der Waals surface area contributed by atoms with Gasteiger partial charge in [-0.05, 0) is 29.5 Å². The number of benzene rings is 1. The van der Waals surface area contributed by atoms with Crippen LogP contribution in [0.5, 0.6) is 0 Å². The highest BCUT2D eigenvalue weighted by atomic mass is 32.2. The second-order valence-corrected chi connectivity index (χ2v) is 9.20. The van der Waals surface area contributed by atoms with Crippen LogP contribution in [0.3, 0.4) is 0 Å². The molecule has 0 unspecified atom stereocenters. The largest absolute Gasteiger partial charge is 0.347 e. The van der Waals surface area contributed by atoms with Crippen molar-refractivity contribution in [1.29, 1.82) is 0 Å². The van der Waals surface area contributed by atoms with Crippen molar-refractivity contribution in [3.05, 3.63) is 41.7 Å². The summed E-state index contributed by atoms with van der Waals surface area (Å²) >= 11 is 0. The van der Waals surface area contributed by atoms with Gasteiger partial charge in [-0.3, -0.25) is 14.2 Å². The molecule has 0 radical (unpaired) electrons. The van der Waals surface area contributed by atoms with E-state index in [1.807, 2.05) is 32.9 Å². The van der Waals surface area contributed by atoms with Gasteiger partial charge in [0.15, 0.2) is 0 Å². The minimum atomic E-state index is -3.76. The number of carbonyl (C=O) groups excluding carboxylic acids is 1. The lowest BCUT2D eigenvalue weighted by molar-refractivity contribution is -0.129. The smallest absolute Gasteiger partial charge is 0.262 e. The van der Waals surface area contributed by atoms with Gasteiger partial charge in [-0.2, -0.15) is 5.10 Å². The molecule has 26 heavy (non-hydrogen) atoms. The second kappa shape index (κ2) is 7.11. The van der Waals surface area contributed by atoms with E-state index in [4.69, 9.17) is 0 Å². The molecule has 1 aromatic carbocycles. The van der Waals surface area contributed by atoms with E-state index in [-0.39, 0.29) is 22.8 Å². The summed E-state index contributed by atoms with van der Waals surface area (Å²) in [5.41, 5.74) is 1.77. The minimum Gasteiger partial charge on any atom is -0.347 e. The first-order chi connectivity index (χ1) is 11.9. The molecule has 1 heterocycles. The average Bonchev–Trinajstić information content (AvgIpc) is 2.92. The van der Waals surface area contributed by atoms with Crippen LogP contribution in [0.1, 0.15) is 31.9 Å². The summed E-state index contributed by atoms with van der Waals surface area (Å²) in [5, 5.41) is 4.04. The zero-order valence-electron chi connectivity index (χ0n) is 16.1. The van der Waals surface area contributed by atoms with Gasteiger partial charge >= 0.3 is 0 Å². The second-order valence-electron chi connectivity index (χ2n) is 7.55. The fraction of sp³-hybridized carbons (Fsp3) is 0.444. The SMILES string of the molecule is Cc1ccc(C(C)(C)C)cc1S(=O)(=O)Nc1cnn(CC(=O)N(C)C)c1. The number of aryl methyl sites for hydroxylation is 1. The zero-order chi connectivity index (χ0) is 19.7. The van der Waals surface area contributed by atoms with E-state index in [1.165, 1.54) is 22.0 Å². The lowest BCUT2D eigenvalue weighted by Gasteiger charge is -2.20. The molecule has 1 aromatic heterocycles. The highest BCUT2D eigenvalue weighted by Crippen LogP contribution is 2.27. The van der Waals surface area contributed by atoms with Crippen molar-refractivity contribution in [2.45, 2.75) is 44.6 Å². The van der Waals surface area contributed by atoms with Crippen molar-refractivity contribution in [3.8, 4) is 0 Å². The molecule has 0 atom stereocenters. The Labute approximate surface area is 155 Å². The molecule has 0 fully saturated rings. The van der Waals surface area contributed by atoms with Crippen LogP contribution >= 0.6 is 0 Å². The molecular weight excluding hydrogens is 352 g/mol. The van der Waals surface area contributed by atoms with Gasteiger partial charge in [0.25, 0.3) is 10.0 Å². The summed E-state index contributed by atoms with van der Waals surface area (Å²) in [7, 11) is -0.450. The first-order valence-electron chi connectivity index (χ1n) is 8.27. The zero-order valence-corrected chi connectivity index (χ0v) is 16.9. The van der Waals surface area contributed by atoms with Gasteiger partial charge < -0.3 is 4.90 Å². The number of likely N-dealkylation sites (N-methyl/N-ethyl adjacent to an activating group) is 1. The predicted molar refractivity (Wildman–Crippen MR) is 102 cm³/mol. The van der Waals surface area contributed by atoms with Crippen LogP contribution in [0.2, 0.25) is 0 Å². The van der Waals surface area contributed by atoms with E-state index in [0.717, 1.165) is 5.56 Å². The number of hydrogen-bond donors (Lipinski definition) is 1. The highest BCUT2D eigenvalue weighted by molar-refractivity contribution is 7.92. The molecule has 8 heteroatoms. The number of sulfonamides is 1. The van der Waals surface area contributed by atoms with Gasteiger partial charge in [0, 0.05) is 20.3 Å². The quantitative estimate of drug-likeness (QED) is 0.866. The summed E-state index contributed by atoms with van der Waals surface area (Å²) in [6, 6.07) is 5.46. The Morgan fingerprint density at radius 2 is 1.92 bits per heavy atom. The van der Waals surface area contributed by atoms with Crippen LogP contribution in [0.15, 0.2) is 35.5 Å². The van der Waals surface area contributed by atoms with Gasteiger partial charge in [0.1, 0.15) is 6.54 Å². The Kier molecular flexibility index (Phi) is 5.46. The predicted octanol–water partition coefficient (Wildman–Crippen LogP) is 2.38. The molecule has 1 N–H and O–H groups in total. The van der Waals surface area contributed by atoms with Crippen LogP contribution in [0, 0.1) is 6.92 Å². The maximum Gasteiger partial charge on any atom is 0.262 e. The van der Waals surface area contributed by atoms with Crippen LogP contribution in [-0.4, -0.2) is 43.1 Å². The monoisotopic (exact) mass is 378 g/mol. The molecule has 0 saturated heterocycles. The van der Waals surface area contributed by atoms with Crippen LogP contribution in [-0.2, 0) is 26.8 Å². The van der Waals surface area contributed by atoms with Crippen molar-refractivity contribution in [1.82, 2.24) is 14.7 Å². The maximum absolute atomic E-state index is 12.8. The third-order valence-corrected chi connectivity index (χ3v) is 5.55.